The van der Waals surface area contributed by atoms with Crippen molar-refractivity contribution in [3.63, 3.8) is 0 Å². The number of rotatable bonds is 4. The fourth-order valence-electron chi connectivity index (χ4n) is 2.74. The van der Waals surface area contributed by atoms with Crippen LogP contribution in [-0.4, -0.2) is 49.3 Å². The molecule has 0 aliphatic carbocycles. The number of hydrogen-bond acceptors (Lipinski definition) is 3. The van der Waals surface area contributed by atoms with Crippen molar-refractivity contribution < 1.29 is 9.53 Å². The van der Waals surface area contributed by atoms with E-state index in [-0.39, 0.29) is 12.1 Å². The summed E-state index contributed by atoms with van der Waals surface area (Å²) in [4.78, 5) is 13.8. The van der Waals surface area contributed by atoms with Crippen LogP contribution in [0.5, 0.6) is 0 Å². The van der Waals surface area contributed by atoms with Gasteiger partial charge in [0.05, 0.1) is 6.04 Å². The molecule has 0 radical (unpaired) electrons. The van der Waals surface area contributed by atoms with Gasteiger partial charge in [0, 0.05) is 25.8 Å². The van der Waals surface area contributed by atoms with Crippen LogP contribution in [0.25, 0.3) is 0 Å². The van der Waals surface area contributed by atoms with Gasteiger partial charge in [0.2, 0.25) is 0 Å². The molecule has 3 N–H and O–H groups in total. The van der Waals surface area contributed by atoms with Gasteiger partial charge in [-0.1, -0.05) is 0 Å². The zero-order chi connectivity index (χ0) is 12.3. The number of carbonyl (C=O) groups excluding carboxylic acids is 1. The Morgan fingerprint density at radius 1 is 1.53 bits per heavy atom. The van der Waals surface area contributed by atoms with Crippen molar-refractivity contribution in [1.29, 1.82) is 0 Å². The van der Waals surface area contributed by atoms with Crippen molar-refractivity contribution in [3.8, 4) is 0 Å². The predicted molar refractivity (Wildman–Crippen MR) is 65.7 cm³/mol. The summed E-state index contributed by atoms with van der Waals surface area (Å²) in [5.41, 5.74) is 5.55. The van der Waals surface area contributed by atoms with Gasteiger partial charge in [0.1, 0.15) is 0 Å². The summed E-state index contributed by atoms with van der Waals surface area (Å²) < 4.78 is 5.36. The van der Waals surface area contributed by atoms with E-state index in [2.05, 4.69) is 12.2 Å². The van der Waals surface area contributed by atoms with Crippen molar-refractivity contribution in [3.05, 3.63) is 0 Å². The van der Waals surface area contributed by atoms with Crippen LogP contribution in [0.2, 0.25) is 0 Å². The SMILES string of the molecule is CC(CCN)N1CC(C2CCOCC2)NC1=O. The molecule has 0 saturated carbocycles. The van der Waals surface area contributed by atoms with Crippen molar-refractivity contribution in [2.45, 2.75) is 38.3 Å². The Morgan fingerprint density at radius 3 is 2.88 bits per heavy atom. The molecule has 5 heteroatoms. The summed E-state index contributed by atoms with van der Waals surface area (Å²) in [7, 11) is 0. The Balaban J connectivity index is 1.89. The number of ether oxygens (including phenoxy) is 1. The fraction of sp³-hybridized carbons (Fsp3) is 0.917. The number of nitrogens with zero attached hydrogens (tertiary/aromatic N) is 1. The van der Waals surface area contributed by atoms with Crippen molar-refractivity contribution in [1.82, 2.24) is 10.2 Å². The molecule has 2 aliphatic rings. The molecule has 0 aromatic heterocycles. The number of amides is 2. The minimum absolute atomic E-state index is 0.0717. The molecule has 0 aromatic carbocycles. The van der Waals surface area contributed by atoms with Gasteiger partial charge in [-0.3, -0.25) is 0 Å². The average molecular weight is 241 g/mol. The van der Waals surface area contributed by atoms with Crippen molar-refractivity contribution in [2.75, 3.05) is 26.3 Å². The Morgan fingerprint density at radius 2 is 2.24 bits per heavy atom. The Bertz CT molecular complexity index is 266. The molecule has 17 heavy (non-hydrogen) atoms. The van der Waals surface area contributed by atoms with E-state index in [1.165, 1.54) is 0 Å². The lowest BCUT2D eigenvalue weighted by atomic mass is 9.92. The molecule has 2 atom stereocenters. The molecule has 2 amide bonds. The smallest absolute Gasteiger partial charge is 0.317 e. The molecule has 2 heterocycles. The first-order valence-electron chi connectivity index (χ1n) is 6.57. The maximum Gasteiger partial charge on any atom is 0.317 e. The van der Waals surface area contributed by atoms with E-state index < -0.39 is 0 Å². The molecule has 2 saturated heterocycles. The maximum absolute atomic E-state index is 11.9. The first kappa shape index (κ1) is 12.6. The monoisotopic (exact) mass is 241 g/mol. The number of carbonyl (C=O) groups is 1. The van der Waals surface area contributed by atoms with Crippen LogP contribution < -0.4 is 11.1 Å². The highest BCUT2D eigenvalue weighted by atomic mass is 16.5. The third-order valence-corrected chi connectivity index (χ3v) is 3.91. The van der Waals surface area contributed by atoms with E-state index in [4.69, 9.17) is 10.5 Å². The summed E-state index contributed by atoms with van der Waals surface area (Å²) in [5.74, 6) is 0.572. The predicted octanol–water partition coefficient (Wildman–Crippen LogP) is 0.544. The average Bonchev–Trinajstić information content (AvgIpc) is 2.73. The maximum atomic E-state index is 11.9. The highest BCUT2D eigenvalue weighted by molar-refractivity contribution is 5.77. The Labute approximate surface area is 103 Å². The zero-order valence-corrected chi connectivity index (χ0v) is 10.5. The van der Waals surface area contributed by atoms with E-state index in [1.54, 1.807) is 0 Å². The van der Waals surface area contributed by atoms with Crippen LogP contribution in [0.3, 0.4) is 0 Å². The summed E-state index contributed by atoms with van der Waals surface area (Å²) in [6.07, 6.45) is 2.99. The van der Waals surface area contributed by atoms with Crippen molar-refractivity contribution in [2.24, 2.45) is 11.7 Å². The highest BCUT2D eigenvalue weighted by Crippen LogP contribution is 2.23. The van der Waals surface area contributed by atoms with Crippen LogP contribution in [0.15, 0.2) is 0 Å². The van der Waals surface area contributed by atoms with E-state index >= 15 is 0 Å². The Hall–Kier alpha value is -0.810. The molecular formula is C12H23N3O2. The molecule has 98 valence electrons. The molecule has 0 spiro atoms. The zero-order valence-electron chi connectivity index (χ0n) is 10.5. The van der Waals surface area contributed by atoms with Gasteiger partial charge in [-0.25, -0.2) is 4.79 Å². The van der Waals surface area contributed by atoms with Gasteiger partial charge < -0.3 is 20.7 Å². The van der Waals surface area contributed by atoms with E-state index in [1.807, 2.05) is 4.90 Å². The molecule has 0 aromatic rings. The van der Waals surface area contributed by atoms with Crippen LogP contribution in [-0.2, 0) is 4.74 Å². The number of urea groups is 1. The van der Waals surface area contributed by atoms with Crippen LogP contribution in [0.4, 0.5) is 4.79 Å². The second kappa shape index (κ2) is 5.69. The quantitative estimate of drug-likeness (QED) is 0.755. The lowest BCUT2D eigenvalue weighted by molar-refractivity contribution is 0.0562. The summed E-state index contributed by atoms with van der Waals surface area (Å²) in [6.45, 7) is 5.18. The van der Waals surface area contributed by atoms with Gasteiger partial charge in [-0.05, 0) is 38.6 Å². The van der Waals surface area contributed by atoms with Gasteiger partial charge in [0.15, 0.2) is 0 Å². The van der Waals surface area contributed by atoms with Gasteiger partial charge in [0.25, 0.3) is 0 Å². The van der Waals surface area contributed by atoms with Crippen LogP contribution in [0.1, 0.15) is 26.2 Å². The molecule has 2 fully saturated rings. The topological polar surface area (TPSA) is 67.6 Å². The lowest BCUT2D eigenvalue weighted by Crippen LogP contribution is -2.37. The molecule has 0 bridgehead atoms. The van der Waals surface area contributed by atoms with Gasteiger partial charge in [-0.15, -0.1) is 0 Å². The summed E-state index contributed by atoms with van der Waals surface area (Å²) in [6, 6.07) is 0.610. The Kier molecular flexibility index (Phi) is 4.23. The summed E-state index contributed by atoms with van der Waals surface area (Å²) in [5, 5.41) is 3.10. The molecule has 2 aliphatic heterocycles. The molecule has 2 unspecified atom stereocenters. The number of nitrogens with one attached hydrogen (secondary N) is 1. The highest BCUT2D eigenvalue weighted by Gasteiger charge is 2.36. The van der Waals surface area contributed by atoms with Crippen LogP contribution in [0, 0.1) is 5.92 Å². The summed E-state index contributed by atoms with van der Waals surface area (Å²) >= 11 is 0. The third kappa shape index (κ3) is 2.90. The first-order chi connectivity index (χ1) is 8.22. The normalized spacial score (nSPS) is 28.2. The minimum Gasteiger partial charge on any atom is -0.381 e. The van der Waals surface area contributed by atoms with Gasteiger partial charge >= 0.3 is 6.03 Å². The fourth-order valence-corrected chi connectivity index (χ4v) is 2.74. The standard InChI is InChI=1S/C12H23N3O2/c1-9(2-5-13)15-8-11(14-12(15)16)10-3-6-17-7-4-10/h9-11H,2-8,13H2,1H3,(H,14,16). The molecule has 5 nitrogen and oxygen atoms in total. The molecular weight excluding hydrogens is 218 g/mol. The van der Waals surface area contributed by atoms with E-state index in [9.17, 15) is 4.79 Å². The second-order valence-electron chi connectivity index (χ2n) is 5.08. The number of hydrogen-bond donors (Lipinski definition) is 2. The second-order valence-corrected chi connectivity index (χ2v) is 5.08. The van der Waals surface area contributed by atoms with Crippen LogP contribution >= 0.6 is 0 Å². The van der Waals surface area contributed by atoms with E-state index in [0.717, 1.165) is 39.0 Å². The largest absolute Gasteiger partial charge is 0.381 e. The molecule has 2 rings (SSSR count). The minimum atomic E-state index is 0.0717. The van der Waals surface area contributed by atoms with E-state index in [0.29, 0.717) is 18.5 Å². The van der Waals surface area contributed by atoms with Crippen molar-refractivity contribution >= 4 is 6.03 Å². The first-order valence-corrected chi connectivity index (χ1v) is 6.57. The number of nitrogens with two attached hydrogens (primary N) is 1. The van der Waals surface area contributed by atoms with Gasteiger partial charge in [-0.2, -0.15) is 0 Å². The third-order valence-electron chi connectivity index (χ3n) is 3.91. The lowest BCUT2D eigenvalue weighted by Gasteiger charge is -2.28.